The fraction of sp³-hybridized carbons (Fsp3) is 0.310. The first-order valence-corrected chi connectivity index (χ1v) is 12.6. The van der Waals surface area contributed by atoms with E-state index in [-0.39, 0.29) is 24.3 Å². The van der Waals surface area contributed by atoms with Crippen molar-refractivity contribution in [1.82, 2.24) is 10.2 Å². The summed E-state index contributed by atoms with van der Waals surface area (Å²) in [6.07, 6.45) is 1.53. The van der Waals surface area contributed by atoms with Crippen LogP contribution < -0.4 is 5.32 Å². The van der Waals surface area contributed by atoms with Gasteiger partial charge in [-0.15, -0.1) is 0 Å². The molecule has 0 spiro atoms. The van der Waals surface area contributed by atoms with Crippen molar-refractivity contribution in [3.8, 4) is 0 Å². The largest absolute Gasteiger partial charge is 0.352 e. The number of aryl methyl sites for hydroxylation is 1. The number of rotatable bonds is 10. The predicted molar refractivity (Wildman–Crippen MR) is 141 cm³/mol. The van der Waals surface area contributed by atoms with E-state index >= 15 is 0 Å². The fourth-order valence-electron chi connectivity index (χ4n) is 3.76. The number of nitrogens with zero attached hydrogens (tertiary/aromatic N) is 1. The van der Waals surface area contributed by atoms with Gasteiger partial charge in [0.15, 0.2) is 0 Å². The molecule has 1 N–H and O–H groups in total. The first kappa shape index (κ1) is 25.7. The van der Waals surface area contributed by atoms with Gasteiger partial charge in [0.2, 0.25) is 11.8 Å². The summed E-state index contributed by atoms with van der Waals surface area (Å²) in [4.78, 5) is 28.9. The Bertz CT molecular complexity index is 1070. The number of nitrogens with one attached hydrogen (secondary N) is 1. The summed E-state index contributed by atoms with van der Waals surface area (Å²) in [5, 5.41) is 3.11. The molecule has 0 fully saturated rings. The fourth-order valence-corrected chi connectivity index (χ4v) is 4.03. The van der Waals surface area contributed by atoms with Crippen molar-refractivity contribution in [2.75, 3.05) is 0 Å². The van der Waals surface area contributed by atoms with Gasteiger partial charge < -0.3 is 10.2 Å². The van der Waals surface area contributed by atoms with E-state index in [0.29, 0.717) is 13.0 Å². The second kappa shape index (κ2) is 12.5. The molecule has 0 saturated carbocycles. The van der Waals surface area contributed by atoms with Crippen LogP contribution >= 0.6 is 15.9 Å². The first-order chi connectivity index (χ1) is 16.4. The van der Waals surface area contributed by atoms with E-state index in [1.165, 1.54) is 0 Å². The second-order valence-corrected chi connectivity index (χ2v) is 9.75. The van der Waals surface area contributed by atoms with Gasteiger partial charge in [0.05, 0.1) is 6.42 Å². The summed E-state index contributed by atoms with van der Waals surface area (Å²) in [6.45, 7) is 6.42. The van der Waals surface area contributed by atoms with Gasteiger partial charge in [-0.3, -0.25) is 9.59 Å². The van der Waals surface area contributed by atoms with Crippen molar-refractivity contribution in [3.05, 3.63) is 106 Å². The third-order valence-electron chi connectivity index (χ3n) is 6.01. The molecule has 3 aromatic carbocycles. The van der Waals surface area contributed by atoms with Gasteiger partial charge in [-0.2, -0.15) is 0 Å². The van der Waals surface area contributed by atoms with Crippen LogP contribution in [0.3, 0.4) is 0 Å². The first-order valence-electron chi connectivity index (χ1n) is 11.8. The van der Waals surface area contributed by atoms with Crippen LogP contribution in [0.1, 0.15) is 42.5 Å². The van der Waals surface area contributed by atoms with Crippen molar-refractivity contribution >= 4 is 27.7 Å². The van der Waals surface area contributed by atoms with Crippen molar-refractivity contribution in [3.63, 3.8) is 0 Å². The molecule has 5 heteroatoms. The summed E-state index contributed by atoms with van der Waals surface area (Å²) >= 11 is 3.48. The lowest BCUT2D eigenvalue weighted by Gasteiger charge is -2.32. The van der Waals surface area contributed by atoms with Crippen LogP contribution in [0.2, 0.25) is 0 Å². The lowest BCUT2D eigenvalue weighted by atomic mass is 10.0. The molecule has 0 aliphatic carbocycles. The normalized spacial score (nSPS) is 12.6. The molecule has 3 rings (SSSR count). The lowest BCUT2D eigenvalue weighted by molar-refractivity contribution is -0.141. The zero-order chi connectivity index (χ0) is 24.5. The highest BCUT2D eigenvalue weighted by Crippen LogP contribution is 2.19. The molecule has 178 valence electrons. The third-order valence-corrected chi connectivity index (χ3v) is 6.54. The SMILES string of the molecule is CCC(C)NC(=O)C(Cc1ccccc1)N(Cc1ccc(Br)cc1)C(=O)Cc1ccc(C)cc1. The van der Waals surface area contributed by atoms with Crippen molar-refractivity contribution in [2.45, 2.75) is 58.7 Å². The standard InChI is InChI=1S/C29H33BrN2O2/c1-4-22(3)31-29(34)27(18-23-8-6-5-7-9-23)32(20-25-14-16-26(30)17-15-25)28(33)19-24-12-10-21(2)11-13-24/h5-17,22,27H,4,18-20H2,1-3H3,(H,31,34). The molecule has 0 aliphatic heterocycles. The molecule has 0 aromatic heterocycles. The number of benzene rings is 3. The van der Waals surface area contributed by atoms with E-state index in [0.717, 1.165) is 33.1 Å². The Morgan fingerprint density at radius 2 is 1.50 bits per heavy atom. The number of amides is 2. The van der Waals surface area contributed by atoms with Crippen LogP contribution in [-0.4, -0.2) is 28.8 Å². The minimum Gasteiger partial charge on any atom is -0.352 e. The highest BCUT2D eigenvalue weighted by atomic mass is 79.9. The van der Waals surface area contributed by atoms with Gasteiger partial charge in [-0.25, -0.2) is 0 Å². The molecule has 0 radical (unpaired) electrons. The van der Waals surface area contributed by atoms with Crippen LogP contribution in [0.15, 0.2) is 83.3 Å². The Hall–Kier alpha value is -2.92. The maximum absolute atomic E-state index is 13.7. The van der Waals surface area contributed by atoms with Crippen LogP contribution in [0.5, 0.6) is 0 Å². The van der Waals surface area contributed by atoms with E-state index in [1.807, 2.05) is 99.6 Å². The highest BCUT2D eigenvalue weighted by Gasteiger charge is 2.31. The Labute approximate surface area is 211 Å². The van der Waals surface area contributed by atoms with Crippen molar-refractivity contribution in [1.29, 1.82) is 0 Å². The molecule has 0 saturated heterocycles. The van der Waals surface area contributed by atoms with E-state index < -0.39 is 6.04 Å². The molecule has 2 amide bonds. The molecule has 2 unspecified atom stereocenters. The van der Waals surface area contributed by atoms with Gasteiger partial charge in [0.25, 0.3) is 0 Å². The van der Waals surface area contributed by atoms with Gasteiger partial charge in [-0.05, 0) is 49.1 Å². The van der Waals surface area contributed by atoms with Crippen LogP contribution in [0.25, 0.3) is 0 Å². The average Bonchev–Trinajstić information content (AvgIpc) is 2.84. The smallest absolute Gasteiger partial charge is 0.243 e. The molecule has 0 aliphatic rings. The minimum absolute atomic E-state index is 0.0347. The zero-order valence-electron chi connectivity index (χ0n) is 20.1. The van der Waals surface area contributed by atoms with Crippen LogP contribution in [0.4, 0.5) is 0 Å². The Kier molecular flexibility index (Phi) is 9.46. The summed E-state index contributed by atoms with van der Waals surface area (Å²) < 4.78 is 0.976. The molecule has 34 heavy (non-hydrogen) atoms. The van der Waals surface area contributed by atoms with Crippen molar-refractivity contribution < 1.29 is 9.59 Å². The predicted octanol–water partition coefficient (Wildman–Crippen LogP) is 5.85. The summed E-state index contributed by atoms with van der Waals surface area (Å²) in [5.74, 6) is -0.181. The maximum Gasteiger partial charge on any atom is 0.243 e. The number of hydrogen-bond acceptors (Lipinski definition) is 2. The van der Waals surface area contributed by atoms with Crippen LogP contribution in [-0.2, 0) is 29.0 Å². The number of carbonyl (C=O) groups is 2. The molecule has 0 heterocycles. The average molecular weight is 521 g/mol. The van der Waals surface area contributed by atoms with E-state index in [9.17, 15) is 9.59 Å². The molecule has 2 atom stereocenters. The molecule has 3 aromatic rings. The maximum atomic E-state index is 13.7. The van der Waals surface area contributed by atoms with E-state index in [1.54, 1.807) is 4.90 Å². The van der Waals surface area contributed by atoms with E-state index in [2.05, 4.69) is 21.2 Å². The zero-order valence-corrected chi connectivity index (χ0v) is 21.7. The Morgan fingerprint density at radius 3 is 2.12 bits per heavy atom. The molecule has 4 nitrogen and oxygen atoms in total. The molecular weight excluding hydrogens is 488 g/mol. The second-order valence-electron chi connectivity index (χ2n) is 8.83. The van der Waals surface area contributed by atoms with Gasteiger partial charge in [0.1, 0.15) is 6.04 Å². The number of halogens is 1. The van der Waals surface area contributed by atoms with Crippen LogP contribution in [0, 0.1) is 6.92 Å². The highest BCUT2D eigenvalue weighted by molar-refractivity contribution is 9.10. The minimum atomic E-state index is -0.613. The Balaban J connectivity index is 1.95. The summed E-state index contributed by atoms with van der Waals surface area (Å²) in [7, 11) is 0. The number of hydrogen-bond donors (Lipinski definition) is 1. The molecular formula is C29H33BrN2O2. The number of carbonyl (C=O) groups excluding carboxylic acids is 2. The van der Waals surface area contributed by atoms with Gasteiger partial charge >= 0.3 is 0 Å². The van der Waals surface area contributed by atoms with E-state index in [4.69, 9.17) is 0 Å². The third kappa shape index (κ3) is 7.56. The monoisotopic (exact) mass is 520 g/mol. The Morgan fingerprint density at radius 1 is 0.882 bits per heavy atom. The molecule has 0 bridgehead atoms. The quantitative estimate of drug-likeness (QED) is 0.364. The van der Waals surface area contributed by atoms with Gasteiger partial charge in [0, 0.05) is 23.5 Å². The summed E-state index contributed by atoms with van der Waals surface area (Å²) in [5.41, 5.74) is 4.10. The van der Waals surface area contributed by atoms with Gasteiger partial charge in [-0.1, -0.05) is 95.1 Å². The van der Waals surface area contributed by atoms with Crippen molar-refractivity contribution in [2.24, 2.45) is 0 Å². The lowest BCUT2D eigenvalue weighted by Crippen LogP contribution is -2.52. The topological polar surface area (TPSA) is 49.4 Å². The summed E-state index contributed by atoms with van der Waals surface area (Å²) in [6, 6.07) is 25.2.